The first-order valence-electron chi connectivity index (χ1n) is 10.4. The van der Waals surface area contributed by atoms with E-state index in [1.807, 2.05) is 6.92 Å². The van der Waals surface area contributed by atoms with Crippen LogP contribution in [0, 0.1) is 12.7 Å². The van der Waals surface area contributed by atoms with Crippen LogP contribution in [-0.2, 0) is 15.1 Å². The zero-order valence-electron chi connectivity index (χ0n) is 18.1. The molecule has 4 rings (SSSR count). The van der Waals surface area contributed by atoms with Crippen molar-refractivity contribution in [3.05, 3.63) is 65.0 Å². The number of amides is 1. The number of carbonyl (C=O) groups is 1. The maximum atomic E-state index is 13.4. The molecule has 1 N–H and O–H groups in total. The van der Waals surface area contributed by atoms with Crippen molar-refractivity contribution in [2.75, 3.05) is 26.5 Å². The average Bonchev–Trinajstić information content (AvgIpc) is 3.16. The Morgan fingerprint density at radius 1 is 1.32 bits per heavy atom. The number of piperidine rings is 1. The molecule has 0 spiro atoms. The number of halogens is 1. The molecule has 2 saturated heterocycles. The maximum Gasteiger partial charge on any atom is 0.253 e. The predicted molar refractivity (Wildman–Crippen MR) is 115 cm³/mol. The minimum absolute atomic E-state index is 0. The number of fused-ring (bicyclic) bond motifs is 1. The third-order valence-corrected chi connectivity index (χ3v) is 5.87. The van der Waals surface area contributed by atoms with E-state index in [2.05, 4.69) is 0 Å². The normalized spacial score (nSPS) is 23.5. The average molecular weight is 432 g/mol. The van der Waals surface area contributed by atoms with Gasteiger partial charge < -0.3 is 24.2 Å². The molecule has 2 aromatic carbocycles. The Morgan fingerprint density at radius 3 is 2.74 bits per heavy atom. The fourth-order valence-electron chi connectivity index (χ4n) is 4.19. The minimum atomic E-state index is -0.935. The number of aryl methyl sites for hydroxylation is 1. The number of likely N-dealkylation sites (tertiary alicyclic amines) is 1. The summed E-state index contributed by atoms with van der Waals surface area (Å²) in [6.45, 7) is 6.45. The molecule has 168 valence electrons. The van der Waals surface area contributed by atoms with E-state index in [4.69, 9.17) is 14.2 Å². The Morgan fingerprint density at radius 2 is 2.06 bits per heavy atom. The maximum absolute atomic E-state index is 13.4. The van der Waals surface area contributed by atoms with E-state index in [0.717, 1.165) is 11.1 Å². The molecule has 1 amide bonds. The van der Waals surface area contributed by atoms with Crippen molar-refractivity contribution >= 4 is 5.91 Å². The topological polar surface area (TPSA) is 68.2 Å². The standard InChI is InChI=1S/C24H28FNO5.H2/c1-16-12-17(4-9-20(16)29-14-23(2,3)28)22(27)26-11-10-24(21(13-26)30-15-31-24)18-5-7-19(25)8-6-18;/h4-9,12,21,28H,10-11,13-15H2,1-3H3;1H/t21?,24-;/m1./s1. The van der Waals surface area contributed by atoms with Crippen molar-refractivity contribution in [1.29, 1.82) is 0 Å². The molecule has 0 aliphatic carbocycles. The van der Waals surface area contributed by atoms with Crippen LogP contribution in [0.25, 0.3) is 0 Å². The zero-order valence-corrected chi connectivity index (χ0v) is 18.1. The highest BCUT2D eigenvalue weighted by molar-refractivity contribution is 5.94. The number of nitrogens with zero attached hydrogens (tertiary/aromatic N) is 1. The van der Waals surface area contributed by atoms with Crippen LogP contribution in [0.1, 0.15) is 43.2 Å². The summed E-state index contributed by atoms with van der Waals surface area (Å²) in [6.07, 6.45) is 0.256. The van der Waals surface area contributed by atoms with E-state index in [-0.39, 0.29) is 32.7 Å². The molecule has 0 saturated carbocycles. The molecule has 2 aliphatic rings. The molecule has 31 heavy (non-hydrogen) atoms. The number of rotatable bonds is 5. The molecule has 1 unspecified atom stereocenters. The fraction of sp³-hybridized carbons (Fsp3) is 0.458. The highest BCUT2D eigenvalue weighted by Gasteiger charge is 2.51. The lowest BCUT2D eigenvalue weighted by atomic mass is 9.82. The van der Waals surface area contributed by atoms with Gasteiger partial charge in [-0.15, -0.1) is 0 Å². The third-order valence-electron chi connectivity index (χ3n) is 5.87. The smallest absolute Gasteiger partial charge is 0.253 e. The molecule has 2 heterocycles. The summed E-state index contributed by atoms with van der Waals surface area (Å²) in [5.41, 5.74) is 0.673. The van der Waals surface area contributed by atoms with E-state index in [0.29, 0.717) is 30.8 Å². The van der Waals surface area contributed by atoms with E-state index >= 15 is 0 Å². The SMILES string of the molecule is Cc1cc(C(=O)N2CC[C@]3(c4ccc(F)cc4)OCOC3C2)ccc1OCC(C)(C)O.[HH]. The molecule has 2 aliphatic heterocycles. The molecule has 0 aromatic heterocycles. The van der Waals surface area contributed by atoms with Crippen molar-refractivity contribution in [2.45, 2.75) is 44.5 Å². The van der Waals surface area contributed by atoms with Gasteiger partial charge in [0.05, 0.1) is 12.1 Å². The highest BCUT2D eigenvalue weighted by atomic mass is 19.1. The van der Waals surface area contributed by atoms with E-state index in [1.165, 1.54) is 12.1 Å². The van der Waals surface area contributed by atoms with Crippen LogP contribution < -0.4 is 4.74 Å². The van der Waals surface area contributed by atoms with Gasteiger partial charge in [0, 0.05) is 20.0 Å². The van der Waals surface area contributed by atoms with Gasteiger partial charge in [-0.2, -0.15) is 0 Å². The number of benzene rings is 2. The second kappa shape index (κ2) is 8.22. The van der Waals surface area contributed by atoms with Crippen LogP contribution in [0.5, 0.6) is 5.75 Å². The summed E-state index contributed by atoms with van der Waals surface area (Å²) in [5, 5.41) is 9.85. The fourth-order valence-corrected chi connectivity index (χ4v) is 4.19. The second-order valence-electron chi connectivity index (χ2n) is 8.90. The zero-order chi connectivity index (χ0) is 22.2. The largest absolute Gasteiger partial charge is 0.490 e. The Hall–Kier alpha value is -2.48. The van der Waals surface area contributed by atoms with Crippen LogP contribution >= 0.6 is 0 Å². The van der Waals surface area contributed by atoms with E-state index < -0.39 is 11.2 Å². The van der Waals surface area contributed by atoms with Crippen molar-refractivity contribution in [3.63, 3.8) is 0 Å². The number of ether oxygens (including phenoxy) is 3. The highest BCUT2D eigenvalue weighted by Crippen LogP contribution is 2.42. The van der Waals surface area contributed by atoms with Gasteiger partial charge in [-0.05, 0) is 62.2 Å². The summed E-state index contributed by atoms with van der Waals surface area (Å²) < 4.78 is 30.8. The van der Waals surface area contributed by atoms with Crippen LogP contribution in [-0.4, -0.2) is 54.1 Å². The lowest BCUT2D eigenvalue weighted by Crippen LogP contribution is -2.53. The molecular weight excluding hydrogens is 401 g/mol. The Kier molecular flexibility index (Phi) is 5.77. The van der Waals surface area contributed by atoms with Crippen LogP contribution in [0.4, 0.5) is 4.39 Å². The minimum Gasteiger partial charge on any atom is -0.490 e. The molecule has 6 nitrogen and oxygen atoms in total. The quantitative estimate of drug-likeness (QED) is 0.783. The summed E-state index contributed by atoms with van der Waals surface area (Å²) in [4.78, 5) is 14.9. The van der Waals surface area contributed by atoms with Crippen LogP contribution in [0.2, 0.25) is 0 Å². The van der Waals surface area contributed by atoms with Gasteiger partial charge >= 0.3 is 0 Å². The number of aliphatic hydroxyl groups is 1. The monoisotopic (exact) mass is 431 g/mol. The molecule has 2 fully saturated rings. The Balaban J connectivity index is 0.00000289. The van der Waals surface area contributed by atoms with Gasteiger partial charge in [0.15, 0.2) is 0 Å². The lowest BCUT2D eigenvalue weighted by Gasteiger charge is -2.42. The van der Waals surface area contributed by atoms with Gasteiger partial charge in [0.1, 0.15) is 36.7 Å². The number of hydrogen-bond donors (Lipinski definition) is 1. The Bertz CT molecular complexity index is 962. The molecule has 0 bridgehead atoms. The summed E-state index contributed by atoms with van der Waals surface area (Å²) in [7, 11) is 0. The third kappa shape index (κ3) is 4.44. The van der Waals surface area contributed by atoms with Crippen molar-refractivity contribution < 1.29 is 29.9 Å². The predicted octanol–water partition coefficient (Wildman–Crippen LogP) is 3.64. The lowest BCUT2D eigenvalue weighted by molar-refractivity contribution is -0.0439. The molecule has 2 aromatic rings. The van der Waals surface area contributed by atoms with E-state index in [1.54, 1.807) is 49.1 Å². The van der Waals surface area contributed by atoms with Gasteiger partial charge in [0.25, 0.3) is 5.91 Å². The second-order valence-corrected chi connectivity index (χ2v) is 8.90. The Labute approximate surface area is 183 Å². The van der Waals surface area contributed by atoms with Gasteiger partial charge in [-0.1, -0.05) is 12.1 Å². The first-order chi connectivity index (χ1) is 14.7. The molecular formula is C24H30FNO5. The van der Waals surface area contributed by atoms with Crippen molar-refractivity contribution in [1.82, 2.24) is 4.90 Å². The summed E-state index contributed by atoms with van der Waals surface area (Å²) >= 11 is 0. The van der Waals surface area contributed by atoms with Gasteiger partial charge in [0.2, 0.25) is 0 Å². The van der Waals surface area contributed by atoms with Crippen molar-refractivity contribution in [2.24, 2.45) is 0 Å². The molecule has 7 heteroatoms. The van der Waals surface area contributed by atoms with Gasteiger partial charge in [-0.25, -0.2) is 4.39 Å². The molecule has 2 atom stereocenters. The van der Waals surface area contributed by atoms with Crippen molar-refractivity contribution in [3.8, 4) is 5.75 Å². The summed E-state index contributed by atoms with van der Waals surface area (Å²) in [6, 6.07) is 11.6. The van der Waals surface area contributed by atoms with Gasteiger partial charge in [-0.3, -0.25) is 4.79 Å². The number of hydrogen-bond acceptors (Lipinski definition) is 5. The van der Waals surface area contributed by atoms with E-state index in [9.17, 15) is 14.3 Å². The molecule has 0 radical (unpaired) electrons. The van der Waals surface area contributed by atoms with Crippen LogP contribution in [0.15, 0.2) is 42.5 Å². The number of carbonyl (C=O) groups excluding carboxylic acids is 1. The first-order valence-corrected chi connectivity index (χ1v) is 10.4. The first kappa shape index (κ1) is 21.7. The van der Waals surface area contributed by atoms with Crippen LogP contribution in [0.3, 0.4) is 0 Å². The summed E-state index contributed by atoms with van der Waals surface area (Å²) in [5.74, 6) is 0.258.